The molecular weight excluding hydrogens is 128 g/mol. The first-order valence-electron chi connectivity index (χ1n) is 2.04. The van der Waals surface area contributed by atoms with E-state index in [2.05, 4.69) is 4.18 Å². The van der Waals surface area contributed by atoms with Crippen LogP contribution in [0.15, 0.2) is 12.3 Å². The van der Waals surface area contributed by atoms with Crippen molar-refractivity contribution < 1.29 is 14.1 Å². The third-order valence-electron chi connectivity index (χ3n) is 0.701. The van der Waals surface area contributed by atoms with Gasteiger partial charge < -0.3 is 9.90 Å². The third kappa shape index (κ3) is 0.949. The van der Waals surface area contributed by atoms with Gasteiger partial charge >= 0.3 is 5.30 Å². The van der Waals surface area contributed by atoms with E-state index < -0.39 is 16.5 Å². The Morgan fingerprint density at radius 2 is 2.62 bits per heavy atom. The molecule has 8 heavy (non-hydrogen) atoms. The van der Waals surface area contributed by atoms with Gasteiger partial charge in [-0.25, -0.2) is 0 Å². The van der Waals surface area contributed by atoms with E-state index in [0.717, 1.165) is 0 Å². The van der Waals surface area contributed by atoms with Crippen LogP contribution in [-0.2, 0) is 15.4 Å². The summed E-state index contributed by atoms with van der Waals surface area (Å²) in [4.78, 5) is 9.94. The highest BCUT2D eigenvalue weighted by molar-refractivity contribution is 8.06. The quantitative estimate of drug-likeness (QED) is 0.414. The van der Waals surface area contributed by atoms with Gasteiger partial charge in [0, 0.05) is 6.08 Å². The maximum Gasteiger partial charge on any atom is 0.321 e. The molecule has 0 saturated carbocycles. The molecule has 0 saturated heterocycles. The summed E-state index contributed by atoms with van der Waals surface area (Å²) in [6.07, 6.45) is 3.05. The van der Waals surface area contributed by atoms with E-state index in [-0.39, 0.29) is 0 Å². The van der Waals surface area contributed by atoms with Gasteiger partial charge in [-0.2, -0.15) is 0 Å². The molecule has 0 spiro atoms. The van der Waals surface area contributed by atoms with Gasteiger partial charge in [0.2, 0.25) is 0 Å². The number of rotatable bonds is 0. The Labute approximate surface area is 49.5 Å². The molecule has 0 aliphatic carbocycles. The van der Waals surface area contributed by atoms with Crippen molar-refractivity contribution in [2.24, 2.45) is 0 Å². The lowest BCUT2D eigenvalue weighted by Crippen LogP contribution is -2.30. The second-order valence-corrected chi connectivity index (χ2v) is 2.78. The standard InChI is InChI=1S/C4H4O3S/c5-4(6)8-3-1-2-7-8/h1-2H,3H2. The molecule has 1 heterocycles. The molecule has 1 rings (SSSR count). The predicted octanol–water partition coefficient (Wildman–Crippen LogP) is -0.593. The number of hydrogen-bond acceptors (Lipinski definition) is 3. The number of hydrogen-bond donors (Lipinski definition) is 0. The van der Waals surface area contributed by atoms with Crippen LogP contribution in [0.4, 0.5) is 4.79 Å². The van der Waals surface area contributed by atoms with Crippen LogP contribution in [-0.4, -0.2) is 11.1 Å². The van der Waals surface area contributed by atoms with E-state index in [0.29, 0.717) is 5.75 Å². The summed E-state index contributed by atoms with van der Waals surface area (Å²) in [5.41, 5.74) is 0. The number of carbonyl (C=O) groups excluding carboxylic acids is 1. The Morgan fingerprint density at radius 3 is 2.88 bits per heavy atom. The molecule has 0 aromatic heterocycles. The molecule has 0 radical (unpaired) electrons. The van der Waals surface area contributed by atoms with Gasteiger partial charge in [0.1, 0.15) is 0 Å². The molecule has 44 valence electrons. The van der Waals surface area contributed by atoms with E-state index in [1.54, 1.807) is 6.08 Å². The molecule has 0 bridgehead atoms. The van der Waals surface area contributed by atoms with Gasteiger partial charge in [-0.15, -0.1) is 0 Å². The minimum Gasteiger partial charge on any atom is -0.501 e. The van der Waals surface area contributed by atoms with E-state index in [1.165, 1.54) is 6.26 Å². The van der Waals surface area contributed by atoms with Gasteiger partial charge in [-0.1, -0.05) is 0 Å². The average molecular weight is 132 g/mol. The Kier molecular flexibility index (Phi) is 1.43. The van der Waals surface area contributed by atoms with Crippen LogP contribution in [0.3, 0.4) is 0 Å². The zero-order chi connectivity index (χ0) is 5.98. The normalized spacial score (nSPS) is 25.2. The van der Waals surface area contributed by atoms with Crippen LogP contribution in [0.5, 0.6) is 0 Å². The molecule has 0 amide bonds. The molecule has 3 nitrogen and oxygen atoms in total. The molecule has 4 heteroatoms. The summed E-state index contributed by atoms with van der Waals surface area (Å²) in [6, 6.07) is 0. The van der Waals surface area contributed by atoms with Crippen molar-refractivity contribution in [1.82, 2.24) is 0 Å². The zero-order valence-electron chi connectivity index (χ0n) is 3.99. The molecule has 0 fully saturated rings. The lowest BCUT2D eigenvalue weighted by Gasteiger charge is -1.93. The highest BCUT2D eigenvalue weighted by Crippen LogP contribution is 2.06. The number of carboxylic acid groups (broad SMARTS) is 1. The fourth-order valence-electron chi connectivity index (χ4n) is 0.380. The highest BCUT2D eigenvalue weighted by Gasteiger charge is 2.25. The Hall–Kier alpha value is -0.640. The molecular formula is C4H4O3S. The topological polar surface area (TPSA) is 49.4 Å². The van der Waals surface area contributed by atoms with Gasteiger partial charge in [-0.05, 0) is 0 Å². The van der Waals surface area contributed by atoms with E-state index >= 15 is 0 Å². The molecule has 0 aromatic rings. The molecule has 0 N–H and O–H groups in total. The summed E-state index contributed by atoms with van der Waals surface area (Å²) < 4.78 is 4.60. The third-order valence-corrected chi connectivity index (χ3v) is 1.91. The van der Waals surface area contributed by atoms with Gasteiger partial charge in [0.15, 0.2) is 12.0 Å². The fourth-order valence-corrected chi connectivity index (χ4v) is 1.14. The summed E-state index contributed by atoms with van der Waals surface area (Å²) in [6.45, 7) is 0. The average Bonchev–Trinajstić information content (AvgIpc) is 2.12. The smallest absolute Gasteiger partial charge is 0.321 e. The van der Waals surface area contributed by atoms with Crippen molar-refractivity contribution in [3.8, 4) is 0 Å². The SMILES string of the molecule is O=C([O-])[S+]1CC=CO1. The van der Waals surface area contributed by atoms with Crippen LogP contribution >= 0.6 is 0 Å². The van der Waals surface area contributed by atoms with E-state index in [4.69, 9.17) is 0 Å². The molecule has 1 aliphatic rings. The Bertz CT molecular complexity index is 123. The maximum absolute atomic E-state index is 9.94. The van der Waals surface area contributed by atoms with Gasteiger partial charge in [0.25, 0.3) is 11.2 Å². The Balaban J connectivity index is 2.41. The lowest BCUT2D eigenvalue weighted by molar-refractivity contribution is -0.233. The first kappa shape index (κ1) is 5.50. The summed E-state index contributed by atoms with van der Waals surface area (Å²) in [5, 5.41) is 8.82. The van der Waals surface area contributed by atoms with Crippen molar-refractivity contribution in [2.75, 3.05) is 5.75 Å². The van der Waals surface area contributed by atoms with Gasteiger partial charge in [-0.3, -0.25) is 4.18 Å². The van der Waals surface area contributed by atoms with Crippen LogP contribution in [0, 0.1) is 0 Å². The van der Waals surface area contributed by atoms with Crippen LogP contribution in [0.25, 0.3) is 0 Å². The largest absolute Gasteiger partial charge is 0.501 e. The van der Waals surface area contributed by atoms with Crippen LogP contribution in [0.1, 0.15) is 0 Å². The summed E-state index contributed by atoms with van der Waals surface area (Å²) in [5.74, 6) is 0.461. The van der Waals surface area contributed by atoms with E-state index in [1.807, 2.05) is 0 Å². The molecule has 1 unspecified atom stereocenters. The second-order valence-electron chi connectivity index (χ2n) is 1.23. The summed E-state index contributed by atoms with van der Waals surface area (Å²) >= 11 is -0.985. The first-order valence-corrected chi connectivity index (χ1v) is 3.36. The Morgan fingerprint density at radius 1 is 1.88 bits per heavy atom. The van der Waals surface area contributed by atoms with Gasteiger partial charge in [0.05, 0.1) is 0 Å². The van der Waals surface area contributed by atoms with Crippen LogP contribution < -0.4 is 5.11 Å². The predicted molar refractivity (Wildman–Crippen MR) is 27.9 cm³/mol. The monoisotopic (exact) mass is 132 g/mol. The minimum absolute atomic E-state index is 0.461. The maximum atomic E-state index is 9.94. The first-order chi connectivity index (χ1) is 3.80. The number of carbonyl (C=O) groups is 1. The minimum atomic E-state index is -1.12. The fraction of sp³-hybridized carbons (Fsp3) is 0.250. The van der Waals surface area contributed by atoms with Crippen LogP contribution in [0.2, 0.25) is 0 Å². The van der Waals surface area contributed by atoms with Crippen molar-refractivity contribution in [1.29, 1.82) is 0 Å². The molecule has 0 aromatic carbocycles. The van der Waals surface area contributed by atoms with Crippen molar-refractivity contribution in [3.05, 3.63) is 12.3 Å². The van der Waals surface area contributed by atoms with Crippen molar-refractivity contribution in [2.45, 2.75) is 0 Å². The summed E-state index contributed by atoms with van der Waals surface area (Å²) in [7, 11) is 0. The molecule has 1 atom stereocenters. The lowest BCUT2D eigenvalue weighted by atomic mass is 10.7. The molecule has 1 aliphatic heterocycles. The highest BCUT2D eigenvalue weighted by atomic mass is 32.2. The zero-order valence-corrected chi connectivity index (χ0v) is 4.81. The second kappa shape index (κ2) is 2.09. The van der Waals surface area contributed by atoms with E-state index in [9.17, 15) is 9.90 Å². The van der Waals surface area contributed by atoms with Crippen molar-refractivity contribution >= 4 is 16.5 Å². The van der Waals surface area contributed by atoms with Crippen molar-refractivity contribution in [3.63, 3.8) is 0 Å².